The molecule has 0 atom stereocenters. The Morgan fingerprint density at radius 3 is 1.81 bits per heavy atom. The molecule has 0 spiro atoms. The maximum atomic E-state index is 11.5. The quantitative estimate of drug-likeness (QED) is 0.742. The van der Waals surface area contributed by atoms with Crippen LogP contribution in [0.25, 0.3) is 0 Å². The van der Waals surface area contributed by atoms with Gasteiger partial charge in [-0.1, -0.05) is 34.6 Å². The Morgan fingerprint density at radius 1 is 1.04 bits per heavy atom. The molecule has 2 amide bonds. The minimum atomic E-state index is 0.333. The molecule has 2 heterocycles. The molecule has 2 aliphatic heterocycles. The number of likely N-dealkylation sites (tertiary alicyclic amines) is 2. The van der Waals surface area contributed by atoms with Crippen molar-refractivity contribution < 1.29 is 9.59 Å². The maximum Gasteiger partial charge on any atom is 0.222 e. The van der Waals surface area contributed by atoms with Crippen molar-refractivity contribution in [2.75, 3.05) is 46.8 Å². The van der Waals surface area contributed by atoms with Gasteiger partial charge in [-0.25, -0.2) is 0 Å². The second-order valence-electron chi connectivity index (χ2n) is 5.59. The fraction of sp³-hybridized carbons (Fsp3) is 0.900. The lowest BCUT2D eigenvalue weighted by Crippen LogP contribution is -2.40. The Morgan fingerprint density at radius 2 is 1.46 bits per heavy atom. The van der Waals surface area contributed by atoms with E-state index in [4.69, 9.17) is 4.79 Å². The van der Waals surface area contributed by atoms with E-state index in [1.54, 1.807) is 7.05 Å². The Balaban J connectivity index is -0.000000451. The van der Waals surface area contributed by atoms with Gasteiger partial charge in [-0.3, -0.25) is 9.59 Å². The van der Waals surface area contributed by atoms with Crippen molar-refractivity contribution in [1.82, 2.24) is 15.1 Å². The highest BCUT2D eigenvalue weighted by atomic mass is 16.2. The summed E-state index contributed by atoms with van der Waals surface area (Å²) in [6.07, 6.45) is 6.47. The molecule has 26 heavy (non-hydrogen) atoms. The van der Waals surface area contributed by atoms with Crippen molar-refractivity contribution in [3.8, 4) is 0 Å². The molecule has 6 nitrogen and oxygen atoms in total. The van der Waals surface area contributed by atoms with Gasteiger partial charge >= 0.3 is 0 Å². The van der Waals surface area contributed by atoms with Crippen molar-refractivity contribution in [3.63, 3.8) is 0 Å². The van der Waals surface area contributed by atoms with Crippen LogP contribution in [-0.2, 0) is 9.59 Å². The van der Waals surface area contributed by atoms with Crippen molar-refractivity contribution in [2.45, 2.75) is 66.7 Å². The van der Waals surface area contributed by atoms with E-state index in [9.17, 15) is 4.79 Å². The highest BCUT2D eigenvalue weighted by Crippen LogP contribution is 2.20. The maximum absolute atomic E-state index is 11.5. The molecule has 0 aromatic heterocycles. The third-order valence-electron chi connectivity index (χ3n) is 4.10. The first kappa shape index (κ1) is 29.6. The van der Waals surface area contributed by atoms with E-state index in [0.717, 1.165) is 19.0 Å². The summed E-state index contributed by atoms with van der Waals surface area (Å²) in [6, 6.07) is 0. The highest BCUT2D eigenvalue weighted by Gasteiger charge is 2.24. The number of nitrogens with one attached hydrogen (secondary N) is 1. The Labute approximate surface area is 162 Å². The fourth-order valence-corrected chi connectivity index (χ4v) is 2.92. The molecular weight excluding hydrogens is 328 g/mol. The van der Waals surface area contributed by atoms with Crippen LogP contribution in [0.1, 0.15) is 66.7 Å². The van der Waals surface area contributed by atoms with Crippen LogP contribution in [0.2, 0.25) is 0 Å². The summed E-state index contributed by atoms with van der Waals surface area (Å²) >= 11 is 0. The Bertz CT molecular complexity index is 288. The van der Waals surface area contributed by atoms with E-state index in [-0.39, 0.29) is 0 Å². The Hall–Kier alpha value is -1.14. The molecule has 2 saturated heterocycles. The van der Waals surface area contributed by atoms with Gasteiger partial charge in [0.2, 0.25) is 12.3 Å². The van der Waals surface area contributed by atoms with E-state index in [1.807, 2.05) is 39.5 Å². The lowest BCUT2D eigenvalue weighted by atomic mass is 9.96. The number of hydrogen-bond acceptors (Lipinski definition) is 4. The van der Waals surface area contributed by atoms with Crippen molar-refractivity contribution >= 4 is 12.3 Å². The van der Waals surface area contributed by atoms with Crippen LogP contribution in [0.3, 0.4) is 0 Å². The number of nitrogens with zero attached hydrogens (tertiary/aromatic N) is 2. The number of rotatable bonds is 4. The van der Waals surface area contributed by atoms with Gasteiger partial charge in [0, 0.05) is 33.1 Å². The van der Waals surface area contributed by atoms with Crippen molar-refractivity contribution in [3.05, 3.63) is 0 Å². The summed E-state index contributed by atoms with van der Waals surface area (Å²) < 4.78 is 0. The number of hydrogen-bond donors (Lipinski definition) is 2. The summed E-state index contributed by atoms with van der Waals surface area (Å²) in [5.41, 5.74) is 4.50. The van der Waals surface area contributed by atoms with Crippen molar-refractivity contribution in [2.24, 2.45) is 11.7 Å². The number of amides is 2. The van der Waals surface area contributed by atoms with E-state index in [2.05, 4.69) is 16.0 Å². The zero-order valence-electron chi connectivity index (χ0n) is 18.5. The molecule has 158 valence electrons. The van der Waals surface area contributed by atoms with Gasteiger partial charge in [0.05, 0.1) is 0 Å². The molecule has 0 saturated carbocycles. The summed E-state index contributed by atoms with van der Waals surface area (Å²) in [6.45, 7) is 15.8. The summed E-state index contributed by atoms with van der Waals surface area (Å²) in [4.78, 5) is 25.2. The molecular formula is C20H46N4O2. The predicted molar refractivity (Wildman–Crippen MR) is 113 cm³/mol. The minimum absolute atomic E-state index is 0.333. The van der Waals surface area contributed by atoms with Gasteiger partial charge in [0.25, 0.3) is 0 Å². The Kier molecular flexibility index (Phi) is 27.2. The first-order valence-corrected chi connectivity index (χ1v) is 10.4. The molecule has 0 aromatic rings. The van der Waals surface area contributed by atoms with Gasteiger partial charge in [-0.15, -0.1) is 0 Å². The molecule has 6 heteroatoms. The molecule has 0 radical (unpaired) electrons. The summed E-state index contributed by atoms with van der Waals surface area (Å²) in [5.74, 6) is 1.17. The lowest BCUT2D eigenvalue weighted by molar-refractivity contribution is -0.132. The molecule has 2 aliphatic rings. The molecule has 0 aromatic carbocycles. The molecule has 3 N–H and O–H groups in total. The van der Waals surface area contributed by atoms with Crippen LogP contribution < -0.4 is 11.1 Å². The molecule has 2 rings (SSSR count). The molecule has 0 bridgehead atoms. The minimum Gasteiger partial charge on any atom is -0.362 e. The predicted octanol–water partition coefficient (Wildman–Crippen LogP) is 2.72. The topological polar surface area (TPSA) is 78.7 Å². The van der Waals surface area contributed by atoms with Gasteiger partial charge in [-0.2, -0.15) is 0 Å². The zero-order valence-corrected chi connectivity index (χ0v) is 18.5. The number of carbonyl (C=O) groups excluding carboxylic acids is 2. The second-order valence-corrected chi connectivity index (χ2v) is 5.59. The normalized spacial score (nSPS) is 16.2. The van der Waals surface area contributed by atoms with Gasteiger partial charge in [0.1, 0.15) is 0 Å². The van der Waals surface area contributed by atoms with E-state index in [1.165, 1.54) is 52.4 Å². The smallest absolute Gasteiger partial charge is 0.222 e. The number of carbonyl (C=O) groups is 2. The third-order valence-corrected chi connectivity index (χ3v) is 4.10. The number of nitrogens with two attached hydrogens (primary N) is 1. The second kappa shape index (κ2) is 23.9. The molecule has 0 unspecified atom stereocenters. The first-order valence-electron chi connectivity index (χ1n) is 10.4. The third kappa shape index (κ3) is 15.1. The van der Waals surface area contributed by atoms with Gasteiger partial charge in [0.15, 0.2) is 0 Å². The monoisotopic (exact) mass is 374 g/mol. The van der Waals surface area contributed by atoms with Gasteiger partial charge < -0.3 is 20.9 Å². The standard InChI is InChI=1S/C13H24N2O.C2H5NO.2C2H6.CH5N/c1-2-13(16)15-9-5-12(6-10-15)11-14-7-3-4-8-14;1-3-2-4;3*1-2/h12H,2-11H2,1H3;2H,1H3,(H,3,4);2*1-2H3;2H2,1H3. The average molecular weight is 375 g/mol. The summed E-state index contributed by atoms with van der Waals surface area (Å²) in [5, 5.41) is 2.25. The van der Waals surface area contributed by atoms with Crippen molar-refractivity contribution in [1.29, 1.82) is 0 Å². The fourth-order valence-electron chi connectivity index (χ4n) is 2.92. The van der Waals surface area contributed by atoms with E-state index < -0.39 is 0 Å². The van der Waals surface area contributed by atoms with Crippen LogP contribution >= 0.6 is 0 Å². The SMILES string of the molecule is CC.CC.CCC(=O)N1CCC(CN2CCCC2)CC1.CN.CNC=O. The lowest BCUT2D eigenvalue weighted by Gasteiger charge is -2.33. The van der Waals surface area contributed by atoms with E-state index >= 15 is 0 Å². The van der Waals surface area contributed by atoms with Crippen LogP contribution in [0.5, 0.6) is 0 Å². The highest BCUT2D eigenvalue weighted by molar-refractivity contribution is 5.75. The molecule has 0 aliphatic carbocycles. The summed E-state index contributed by atoms with van der Waals surface area (Å²) in [7, 11) is 3.06. The van der Waals surface area contributed by atoms with E-state index in [0.29, 0.717) is 18.7 Å². The average Bonchev–Trinajstić information content (AvgIpc) is 3.25. The van der Waals surface area contributed by atoms with Crippen LogP contribution in [0.15, 0.2) is 0 Å². The van der Waals surface area contributed by atoms with Crippen LogP contribution in [0.4, 0.5) is 0 Å². The first-order chi connectivity index (χ1) is 12.7. The number of piperidine rings is 1. The van der Waals surface area contributed by atoms with Crippen LogP contribution in [-0.4, -0.2) is 68.9 Å². The molecule has 2 fully saturated rings. The zero-order chi connectivity index (χ0) is 20.8. The van der Waals surface area contributed by atoms with Crippen LogP contribution in [0, 0.1) is 5.92 Å². The largest absolute Gasteiger partial charge is 0.362 e. The van der Waals surface area contributed by atoms with Gasteiger partial charge in [-0.05, 0) is 51.7 Å².